The van der Waals surface area contributed by atoms with E-state index in [0.717, 1.165) is 5.56 Å². The van der Waals surface area contributed by atoms with E-state index in [9.17, 15) is 0 Å². The topological polar surface area (TPSA) is 36.9 Å². The zero-order chi connectivity index (χ0) is 20.3. The van der Waals surface area contributed by atoms with Crippen LogP contribution in [0.15, 0.2) is 24.3 Å². The van der Waals surface area contributed by atoms with Gasteiger partial charge < -0.3 is 18.6 Å². The Labute approximate surface area is 169 Å². The lowest BCUT2D eigenvalue weighted by molar-refractivity contribution is 0.00578. The minimum absolute atomic E-state index is 0.0296. The fourth-order valence-electron chi connectivity index (χ4n) is 3.44. The van der Waals surface area contributed by atoms with Crippen molar-refractivity contribution in [3.8, 4) is 0 Å². The monoisotopic (exact) mass is 392 g/mol. The van der Waals surface area contributed by atoms with E-state index in [2.05, 4.69) is 55.4 Å². The molecule has 0 spiro atoms. The number of benzene rings is 1. The summed E-state index contributed by atoms with van der Waals surface area (Å²) in [5, 5.41) is 0.710. The predicted molar refractivity (Wildman–Crippen MR) is 111 cm³/mol. The minimum atomic E-state index is -0.391. The Hall–Kier alpha value is -0.520. The summed E-state index contributed by atoms with van der Waals surface area (Å²) in [4.78, 5) is 0. The van der Waals surface area contributed by atoms with Gasteiger partial charge in [-0.05, 0) is 79.4 Å². The van der Waals surface area contributed by atoms with Crippen LogP contribution in [0.4, 0.5) is 0 Å². The molecule has 1 aromatic rings. The summed E-state index contributed by atoms with van der Waals surface area (Å²) < 4.78 is 25.2. The maximum atomic E-state index is 6.36. The first kappa shape index (κ1) is 21.2. The molecule has 1 aromatic carbocycles. The van der Waals surface area contributed by atoms with Gasteiger partial charge in [0, 0.05) is 10.8 Å². The van der Waals surface area contributed by atoms with E-state index in [4.69, 9.17) is 30.2 Å². The van der Waals surface area contributed by atoms with Gasteiger partial charge in [-0.2, -0.15) is 0 Å². The van der Waals surface area contributed by atoms with E-state index >= 15 is 0 Å². The summed E-state index contributed by atoms with van der Waals surface area (Å²) in [5.74, 6) is -0.0296. The molecule has 0 radical (unpaired) electrons. The summed E-state index contributed by atoms with van der Waals surface area (Å²) in [5.41, 5.74) is -0.403. The first-order chi connectivity index (χ1) is 12.2. The molecule has 0 bridgehead atoms. The average Bonchev–Trinajstić information content (AvgIpc) is 2.85. The second-order valence-electron chi connectivity index (χ2n) is 9.70. The second-order valence-corrected chi connectivity index (χ2v) is 10.1. The first-order valence-corrected chi connectivity index (χ1v) is 10.1. The van der Waals surface area contributed by atoms with E-state index in [0.29, 0.717) is 11.3 Å². The molecule has 4 nitrogen and oxygen atoms in total. The number of rotatable bonds is 4. The molecule has 2 fully saturated rings. The van der Waals surface area contributed by atoms with Crippen molar-refractivity contribution < 1.29 is 18.6 Å². The Morgan fingerprint density at radius 1 is 0.741 bits per heavy atom. The van der Waals surface area contributed by atoms with Crippen LogP contribution in [0.3, 0.4) is 0 Å². The molecule has 2 saturated heterocycles. The van der Waals surface area contributed by atoms with E-state index in [1.54, 1.807) is 0 Å². The Kier molecular flexibility index (Phi) is 5.32. The van der Waals surface area contributed by atoms with E-state index in [1.165, 1.54) is 0 Å². The van der Waals surface area contributed by atoms with Crippen molar-refractivity contribution in [2.75, 3.05) is 0 Å². The third-order valence-electron chi connectivity index (χ3n) is 6.65. The Bertz CT molecular complexity index is 656. The Balaban J connectivity index is 1.87. The quantitative estimate of drug-likeness (QED) is 0.664. The average molecular weight is 393 g/mol. The van der Waals surface area contributed by atoms with Gasteiger partial charge in [0.25, 0.3) is 0 Å². The molecular formula is C20H31B2ClO4. The minimum Gasteiger partial charge on any atom is -0.403 e. The molecule has 7 heteroatoms. The van der Waals surface area contributed by atoms with Crippen LogP contribution in [0.5, 0.6) is 0 Å². The van der Waals surface area contributed by atoms with Crippen molar-refractivity contribution in [1.82, 2.24) is 0 Å². The number of hydrogen-bond donors (Lipinski definition) is 0. The molecule has 2 aliphatic heterocycles. The highest BCUT2D eigenvalue weighted by Gasteiger charge is 2.57. The maximum absolute atomic E-state index is 6.36. The predicted octanol–water partition coefficient (Wildman–Crippen LogP) is 5.15. The lowest BCUT2D eigenvalue weighted by Gasteiger charge is -2.32. The summed E-state index contributed by atoms with van der Waals surface area (Å²) >= 11 is 6.10. The molecule has 0 N–H and O–H groups in total. The normalized spacial score (nSPS) is 26.4. The van der Waals surface area contributed by atoms with Crippen molar-refractivity contribution in [3.05, 3.63) is 34.9 Å². The van der Waals surface area contributed by atoms with Crippen LogP contribution in [0.1, 0.15) is 66.8 Å². The van der Waals surface area contributed by atoms with Gasteiger partial charge in [-0.25, -0.2) is 0 Å². The molecule has 1 unspecified atom stereocenters. The van der Waals surface area contributed by atoms with E-state index in [1.807, 2.05) is 24.3 Å². The Morgan fingerprint density at radius 2 is 1.15 bits per heavy atom. The molecular weight excluding hydrogens is 361 g/mol. The van der Waals surface area contributed by atoms with Crippen LogP contribution in [-0.4, -0.2) is 36.6 Å². The van der Waals surface area contributed by atoms with Gasteiger partial charge in [-0.3, -0.25) is 0 Å². The first-order valence-electron chi connectivity index (χ1n) is 9.71. The van der Waals surface area contributed by atoms with Crippen LogP contribution in [0, 0.1) is 0 Å². The van der Waals surface area contributed by atoms with Crippen LogP contribution < -0.4 is 0 Å². The van der Waals surface area contributed by atoms with Crippen LogP contribution in [-0.2, 0) is 18.6 Å². The van der Waals surface area contributed by atoms with Crippen LogP contribution >= 0.6 is 11.6 Å². The smallest absolute Gasteiger partial charge is 0.403 e. The molecule has 2 aliphatic rings. The Morgan fingerprint density at radius 3 is 1.59 bits per heavy atom. The molecule has 0 aliphatic carbocycles. The van der Waals surface area contributed by atoms with Crippen molar-refractivity contribution in [3.63, 3.8) is 0 Å². The van der Waals surface area contributed by atoms with Gasteiger partial charge in [-0.1, -0.05) is 23.7 Å². The molecule has 0 saturated carbocycles. The summed E-state index contributed by atoms with van der Waals surface area (Å²) in [6.45, 7) is 16.6. The van der Waals surface area contributed by atoms with Gasteiger partial charge in [0.05, 0.1) is 22.4 Å². The van der Waals surface area contributed by atoms with Crippen molar-refractivity contribution in [2.24, 2.45) is 0 Å². The number of hydrogen-bond acceptors (Lipinski definition) is 4. The van der Waals surface area contributed by atoms with Crippen molar-refractivity contribution in [1.29, 1.82) is 0 Å². The maximum Gasteiger partial charge on any atom is 0.465 e. The summed E-state index contributed by atoms with van der Waals surface area (Å²) in [7, 11) is -0.704. The van der Waals surface area contributed by atoms with E-state index in [-0.39, 0.29) is 31.3 Å². The van der Waals surface area contributed by atoms with E-state index < -0.39 is 11.2 Å². The highest BCUT2D eigenvalue weighted by Crippen LogP contribution is 2.45. The third-order valence-corrected chi connectivity index (χ3v) is 6.90. The van der Waals surface area contributed by atoms with Crippen molar-refractivity contribution >= 4 is 25.8 Å². The van der Waals surface area contributed by atoms with Crippen LogP contribution in [0.25, 0.3) is 0 Å². The molecule has 148 valence electrons. The zero-order valence-corrected chi connectivity index (χ0v) is 18.5. The molecule has 3 rings (SSSR count). The molecule has 1 atom stereocenters. The summed E-state index contributed by atoms with van der Waals surface area (Å²) in [6.07, 6.45) is 0.644. The SMILES string of the molecule is CC1(C)OB(CC(B2OC(C)(C)C(C)(C)O2)c2ccc(Cl)cc2)OC1(C)C. The fraction of sp³-hybridized carbons (Fsp3) is 0.700. The van der Waals surface area contributed by atoms with Gasteiger partial charge >= 0.3 is 14.2 Å². The zero-order valence-electron chi connectivity index (χ0n) is 17.8. The van der Waals surface area contributed by atoms with Gasteiger partial charge in [0.15, 0.2) is 0 Å². The lowest BCUT2D eigenvalue weighted by atomic mass is 9.58. The summed E-state index contributed by atoms with van der Waals surface area (Å²) in [6, 6.07) is 7.87. The number of halogens is 1. The largest absolute Gasteiger partial charge is 0.465 e. The van der Waals surface area contributed by atoms with Gasteiger partial charge in [-0.15, -0.1) is 0 Å². The highest BCUT2D eigenvalue weighted by atomic mass is 35.5. The van der Waals surface area contributed by atoms with Crippen LogP contribution in [0.2, 0.25) is 11.3 Å². The third kappa shape index (κ3) is 3.97. The second kappa shape index (κ2) is 6.77. The standard InChI is InChI=1S/C20H31B2ClO4/c1-17(2)18(3,4)25-21(24-17)13-16(14-9-11-15(23)12-10-14)22-26-19(5,6)20(7,8)27-22/h9-12,16H,13H2,1-8H3. The fourth-order valence-corrected chi connectivity index (χ4v) is 3.56. The molecule has 0 amide bonds. The molecule has 0 aromatic heterocycles. The van der Waals surface area contributed by atoms with Gasteiger partial charge in [0.1, 0.15) is 0 Å². The van der Waals surface area contributed by atoms with Crippen molar-refractivity contribution in [2.45, 2.75) is 89.9 Å². The molecule has 27 heavy (non-hydrogen) atoms. The lowest BCUT2D eigenvalue weighted by Crippen LogP contribution is -2.41. The highest BCUT2D eigenvalue weighted by molar-refractivity contribution is 6.53. The van der Waals surface area contributed by atoms with Gasteiger partial charge in [0.2, 0.25) is 0 Å². The molecule has 2 heterocycles.